The minimum atomic E-state index is -1.47. The predicted octanol–water partition coefficient (Wildman–Crippen LogP) is -0.230. The number of Topliss-reactive ketones (excluding diaryl/α,β-unsaturated/α-hetero) is 1. The van der Waals surface area contributed by atoms with Crippen LogP contribution in [-0.2, 0) is 57.1 Å². The van der Waals surface area contributed by atoms with Gasteiger partial charge in [0.25, 0.3) is 0 Å². The molecular formula is C23H30O13. The molecule has 2 heterocycles. The normalized spacial score (nSPS) is 35.6. The number of carbonyl (C=O) groups is 5. The van der Waals surface area contributed by atoms with Crippen LogP contribution in [0.1, 0.15) is 34.1 Å². The zero-order valence-corrected chi connectivity index (χ0v) is 20.5. The highest BCUT2D eigenvalue weighted by Crippen LogP contribution is 2.46. The lowest BCUT2D eigenvalue weighted by Crippen LogP contribution is -2.63. The van der Waals surface area contributed by atoms with E-state index >= 15 is 0 Å². The number of rotatable bonds is 7. The van der Waals surface area contributed by atoms with E-state index in [9.17, 15) is 29.1 Å². The second-order valence-electron chi connectivity index (χ2n) is 8.80. The molecule has 0 aromatic heterocycles. The number of methoxy groups -OCH3 is 1. The molecule has 9 atom stereocenters. The van der Waals surface area contributed by atoms with Gasteiger partial charge in [-0.25, -0.2) is 4.79 Å². The van der Waals surface area contributed by atoms with E-state index in [1.165, 1.54) is 7.11 Å². The summed E-state index contributed by atoms with van der Waals surface area (Å²) < 4.78 is 38.2. The largest absolute Gasteiger partial charge is 0.472 e. The molecule has 1 saturated heterocycles. The molecule has 1 saturated carbocycles. The molecule has 3 aliphatic rings. The van der Waals surface area contributed by atoms with Gasteiger partial charge in [0, 0.05) is 44.9 Å². The lowest BCUT2D eigenvalue weighted by Gasteiger charge is -2.45. The molecule has 0 bridgehead atoms. The Morgan fingerprint density at radius 2 is 1.56 bits per heavy atom. The molecule has 3 rings (SSSR count). The van der Waals surface area contributed by atoms with Crippen molar-refractivity contribution in [2.45, 2.75) is 71.1 Å². The highest BCUT2D eigenvalue weighted by atomic mass is 16.8. The Bertz CT molecular complexity index is 927. The van der Waals surface area contributed by atoms with Crippen molar-refractivity contribution >= 4 is 29.7 Å². The monoisotopic (exact) mass is 514 g/mol. The van der Waals surface area contributed by atoms with Gasteiger partial charge in [0.05, 0.1) is 25.6 Å². The summed E-state index contributed by atoms with van der Waals surface area (Å²) in [7, 11) is 1.21. The summed E-state index contributed by atoms with van der Waals surface area (Å²) in [4.78, 5) is 60.2. The molecule has 0 amide bonds. The van der Waals surface area contributed by atoms with Crippen LogP contribution >= 0.6 is 0 Å². The van der Waals surface area contributed by atoms with Crippen LogP contribution in [0.3, 0.4) is 0 Å². The number of ether oxygens (including phenoxy) is 7. The highest BCUT2D eigenvalue weighted by Gasteiger charge is 2.56. The topological polar surface area (TPSA) is 170 Å². The van der Waals surface area contributed by atoms with E-state index in [-0.39, 0.29) is 17.8 Å². The Morgan fingerprint density at radius 1 is 0.972 bits per heavy atom. The summed E-state index contributed by atoms with van der Waals surface area (Å²) in [5.74, 6) is -4.80. The van der Waals surface area contributed by atoms with Crippen molar-refractivity contribution in [1.29, 1.82) is 0 Å². The molecule has 1 N–H and O–H groups in total. The molecule has 0 aromatic rings. The van der Waals surface area contributed by atoms with Gasteiger partial charge in [0.15, 0.2) is 18.3 Å². The Labute approximate surface area is 206 Å². The summed E-state index contributed by atoms with van der Waals surface area (Å²) in [5, 5.41) is 9.91. The van der Waals surface area contributed by atoms with Crippen LogP contribution in [0.25, 0.3) is 0 Å². The minimum Gasteiger partial charge on any atom is -0.472 e. The zero-order valence-electron chi connectivity index (χ0n) is 20.5. The van der Waals surface area contributed by atoms with Crippen LogP contribution in [0.4, 0.5) is 0 Å². The third-order valence-corrected chi connectivity index (χ3v) is 6.38. The summed E-state index contributed by atoms with van der Waals surface area (Å²) in [6, 6.07) is 0. The SMILES string of the molecule is COC(=O)C1=CO[C@@H](O[C@@H]2O[C@H](CO)[C@@H](OC(C)=O)[C@H](OC(C)=O)[C@H]2OC(C)=O)[C@H]2[C@@H]1CC(=O)[C@@H]2C. The van der Waals surface area contributed by atoms with E-state index in [1.54, 1.807) is 6.92 Å². The Hall–Kier alpha value is -3.03. The van der Waals surface area contributed by atoms with Gasteiger partial charge in [-0.1, -0.05) is 6.92 Å². The smallest absolute Gasteiger partial charge is 0.337 e. The van der Waals surface area contributed by atoms with Gasteiger partial charge in [-0.3, -0.25) is 19.2 Å². The minimum absolute atomic E-state index is 0.0682. The summed E-state index contributed by atoms with van der Waals surface area (Å²) >= 11 is 0. The van der Waals surface area contributed by atoms with Gasteiger partial charge in [-0.15, -0.1) is 0 Å². The molecule has 2 fully saturated rings. The first-order chi connectivity index (χ1) is 17.0. The van der Waals surface area contributed by atoms with Gasteiger partial charge < -0.3 is 38.3 Å². The number of hydrogen-bond acceptors (Lipinski definition) is 13. The molecule has 2 aliphatic heterocycles. The third kappa shape index (κ3) is 5.68. The first-order valence-electron chi connectivity index (χ1n) is 11.4. The fraction of sp³-hybridized carbons (Fsp3) is 0.696. The number of aliphatic hydroxyl groups is 1. The number of ketones is 1. The van der Waals surface area contributed by atoms with Crippen molar-refractivity contribution in [3.8, 4) is 0 Å². The quantitative estimate of drug-likeness (QED) is 0.349. The van der Waals surface area contributed by atoms with Gasteiger partial charge in [-0.2, -0.15) is 0 Å². The fourth-order valence-corrected chi connectivity index (χ4v) is 4.85. The van der Waals surface area contributed by atoms with E-state index < -0.39 is 85.2 Å². The first kappa shape index (κ1) is 27.6. The average Bonchev–Trinajstić information content (AvgIpc) is 3.10. The lowest BCUT2D eigenvalue weighted by molar-refractivity contribution is -0.344. The molecular weight excluding hydrogens is 484 g/mol. The molecule has 0 aromatic carbocycles. The maximum absolute atomic E-state index is 12.5. The number of carbonyl (C=O) groups excluding carboxylic acids is 5. The maximum Gasteiger partial charge on any atom is 0.337 e. The predicted molar refractivity (Wildman–Crippen MR) is 114 cm³/mol. The highest BCUT2D eigenvalue weighted by molar-refractivity contribution is 5.92. The second-order valence-corrected chi connectivity index (χ2v) is 8.80. The molecule has 36 heavy (non-hydrogen) atoms. The standard InChI is InChI=1S/C23H30O13/c1-9-15(28)6-13-14(21(29)30-5)8-31-22(17(9)13)36-23-20(34-12(4)27)19(33-11(3)26)18(32-10(2)25)16(7-24)35-23/h8-9,13,16-20,22-24H,6-7H2,1-5H3/t9-,13+,16+,17+,18+,19-,20+,22-,23-/m0/s1. The van der Waals surface area contributed by atoms with Crippen LogP contribution in [0.5, 0.6) is 0 Å². The fourth-order valence-electron chi connectivity index (χ4n) is 4.85. The van der Waals surface area contributed by atoms with E-state index in [1.807, 2.05) is 0 Å². The zero-order chi connectivity index (χ0) is 26.7. The number of hydrogen-bond donors (Lipinski definition) is 1. The lowest BCUT2D eigenvalue weighted by atomic mass is 9.83. The van der Waals surface area contributed by atoms with Crippen LogP contribution < -0.4 is 0 Å². The second kappa shape index (κ2) is 11.4. The number of aliphatic hydroxyl groups excluding tert-OH is 1. The summed E-state index contributed by atoms with van der Waals surface area (Å²) in [6.45, 7) is 4.34. The molecule has 200 valence electrons. The van der Waals surface area contributed by atoms with E-state index in [2.05, 4.69) is 0 Å². The molecule has 0 unspecified atom stereocenters. The van der Waals surface area contributed by atoms with Crippen LogP contribution in [0.2, 0.25) is 0 Å². The van der Waals surface area contributed by atoms with Crippen LogP contribution in [0, 0.1) is 17.8 Å². The van der Waals surface area contributed by atoms with E-state index in [0.29, 0.717) is 0 Å². The number of fused-ring (bicyclic) bond motifs is 1. The number of esters is 4. The van der Waals surface area contributed by atoms with Gasteiger partial charge in [0.2, 0.25) is 12.6 Å². The third-order valence-electron chi connectivity index (χ3n) is 6.38. The molecule has 13 nitrogen and oxygen atoms in total. The summed E-state index contributed by atoms with van der Waals surface area (Å²) in [5.41, 5.74) is 0.182. The average molecular weight is 514 g/mol. The Balaban J connectivity index is 1.96. The molecule has 0 radical (unpaired) electrons. The van der Waals surface area contributed by atoms with Crippen molar-refractivity contribution in [1.82, 2.24) is 0 Å². The van der Waals surface area contributed by atoms with Crippen molar-refractivity contribution in [3.05, 3.63) is 11.8 Å². The maximum atomic E-state index is 12.5. The van der Waals surface area contributed by atoms with Gasteiger partial charge in [-0.05, 0) is 0 Å². The van der Waals surface area contributed by atoms with Crippen LogP contribution in [0.15, 0.2) is 11.8 Å². The molecule has 13 heteroatoms. The van der Waals surface area contributed by atoms with E-state index in [4.69, 9.17) is 33.2 Å². The Morgan fingerprint density at radius 3 is 2.11 bits per heavy atom. The van der Waals surface area contributed by atoms with Crippen molar-refractivity contribution < 1.29 is 62.2 Å². The van der Waals surface area contributed by atoms with Crippen molar-refractivity contribution in [3.63, 3.8) is 0 Å². The van der Waals surface area contributed by atoms with E-state index in [0.717, 1.165) is 27.0 Å². The molecule has 1 aliphatic carbocycles. The van der Waals surface area contributed by atoms with Gasteiger partial charge in [0.1, 0.15) is 11.9 Å². The van der Waals surface area contributed by atoms with Gasteiger partial charge >= 0.3 is 23.9 Å². The van der Waals surface area contributed by atoms with Crippen molar-refractivity contribution in [2.24, 2.45) is 17.8 Å². The Kier molecular flexibility index (Phi) is 8.69. The molecule has 0 spiro atoms. The summed E-state index contributed by atoms with van der Waals surface area (Å²) in [6.07, 6.45) is -6.76. The van der Waals surface area contributed by atoms with Crippen molar-refractivity contribution in [2.75, 3.05) is 13.7 Å². The van der Waals surface area contributed by atoms with Crippen LogP contribution in [-0.4, -0.2) is 85.5 Å². The first-order valence-corrected chi connectivity index (χ1v) is 11.4.